The van der Waals surface area contributed by atoms with Gasteiger partial charge in [0.15, 0.2) is 0 Å². The lowest BCUT2D eigenvalue weighted by atomic mass is 9.97. The molecule has 4 heteroatoms. The molecule has 2 aromatic carbocycles. The number of nitrogens with zero attached hydrogens (tertiary/aromatic N) is 2. The third-order valence-corrected chi connectivity index (χ3v) is 4.67. The van der Waals surface area contributed by atoms with Gasteiger partial charge in [-0.1, -0.05) is 29.8 Å². The predicted octanol–water partition coefficient (Wildman–Crippen LogP) is 3.56. The van der Waals surface area contributed by atoms with E-state index in [4.69, 9.17) is 0 Å². The highest BCUT2D eigenvalue weighted by Crippen LogP contribution is 2.22. The monoisotopic (exact) mass is 335 g/mol. The van der Waals surface area contributed by atoms with Crippen LogP contribution in [0.4, 0.5) is 5.69 Å². The minimum atomic E-state index is 0.0152. The summed E-state index contributed by atoms with van der Waals surface area (Å²) >= 11 is 0. The fourth-order valence-electron chi connectivity index (χ4n) is 3.47. The Morgan fingerprint density at radius 2 is 1.80 bits per heavy atom. The fraction of sp³-hybridized carbons (Fsp3) is 0.333. The van der Waals surface area contributed by atoms with E-state index in [0.29, 0.717) is 12.1 Å². The van der Waals surface area contributed by atoms with Crippen LogP contribution in [0.2, 0.25) is 0 Å². The molecular weight excluding hydrogens is 310 g/mol. The molecule has 0 bridgehead atoms. The van der Waals surface area contributed by atoms with Gasteiger partial charge in [0, 0.05) is 13.6 Å². The second-order valence-corrected chi connectivity index (χ2v) is 6.79. The molecule has 0 saturated heterocycles. The number of aliphatic imine (C=N–C) groups is 1. The number of aryl methyl sites for hydroxylation is 3. The van der Waals surface area contributed by atoms with Crippen LogP contribution in [0.3, 0.4) is 0 Å². The molecule has 130 valence electrons. The van der Waals surface area contributed by atoms with E-state index in [1.807, 2.05) is 31.3 Å². The molecule has 0 saturated carbocycles. The van der Waals surface area contributed by atoms with Crippen LogP contribution in [-0.2, 0) is 6.42 Å². The number of amides is 1. The molecule has 0 unspecified atom stereocenters. The van der Waals surface area contributed by atoms with Crippen LogP contribution in [-0.4, -0.2) is 36.8 Å². The molecule has 0 aliphatic carbocycles. The second kappa shape index (κ2) is 7.09. The van der Waals surface area contributed by atoms with Crippen molar-refractivity contribution in [2.75, 3.05) is 20.1 Å². The second-order valence-electron chi connectivity index (χ2n) is 6.79. The number of benzene rings is 2. The van der Waals surface area contributed by atoms with E-state index < -0.39 is 0 Å². The Kier molecular flexibility index (Phi) is 4.88. The first-order valence-electron chi connectivity index (χ1n) is 8.68. The molecule has 3 rings (SSSR count). The number of hydrogen-bond acceptors (Lipinski definition) is 3. The fourth-order valence-corrected chi connectivity index (χ4v) is 3.47. The summed E-state index contributed by atoms with van der Waals surface area (Å²) < 4.78 is 0. The van der Waals surface area contributed by atoms with Crippen molar-refractivity contribution in [3.63, 3.8) is 0 Å². The van der Waals surface area contributed by atoms with Gasteiger partial charge in [0.25, 0.3) is 5.91 Å². The van der Waals surface area contributed by atoms with Crippen LogP contribution < -0.4 is 5.32 Å². The molecule has 1 aliphatic heterocycles. The number of hydrogen-bond donors (Lipinski definition) is 1. The summed E-state index contributed by atoms with van der Waals surface area (Å²) in [6.45, 7) is 7.77. The summed E-state index contributed by atoms with van der Waals surface area (Å²) in [6.07, 6.45) is 0.941. The Hall–Kier alpha value is -2.62. The molecule has 4 nitrogen and oxygen atoms in total. The average Bonchev–Trinajstić information content (AvgIpc) is 2.67. The Bertz CT molecular complexity index is 816. The van der Waals surface area contributed by atoms with Gasteiger partial charge < -0.3 is 10.2 Å². The van der Waals surface area contributed by atoms with Crippen LogP contribution in [0, 0.1) is 20.8 Å². The van der Waals surface area contributed by atoms with Gasteiger partial charge >= 0.3 is 0 Å². The van der Waals surface area contributed by atoms with E-state index in [2.05, 4.69) is 43.2 Å². The zero-order chi connectivity index (χ0) is 18.0. The zero-order valence-electron chi connectivity index (χ0n) is 15.4. The maximum atomic E-state index is 12.4. The first-order valence-corrected chi connectivity index (χ1v) is 8.68. The zero-order valence-corrected chi connectivity index (χ0v) is 15.4. The number of nitrogens with one attached hydrogen (secondary N) is 1. The van der Waals surface area contributed by atoms with E-state index in [-0.39, 0.29) is 5.91 Å². The highest BCUT2D eigenvalue weighted by molar-refractivity contribution is 6.04. The summed E-state index contributed by atoms with van der Waals surface area (Å²) in [5.41, 5.74) is 6.75. The quantitative estimate of drug-likeness (QED) is 0.932. The van der Waals surface area contributed by atoms with E-state index in [9.17, 15) is 4.79 Å². The topological polar surface area (TPSA) is 44.7 Å². The van der Waals surface area contributed by atoms with Crippen molar-refractivity contribution in [1.82, 2.24) is 10.2 Å². The van der Waals surface area contributed by atoms with Gasteiger partial charge in [-0.05, 0) is 56.0 Å². The van der Waals surface area contributed by atoms with Crippen LogP contribution in [0.5, 0.6) is 0 Å². The number of amidine groups is 1. The highest BCUT2D eigenvalue weighted by Gasteiger charge is 2.20. The molecule has 1 amide bonds. The van der Waals surface area contributed by atoms with Gasteiger partial charge in [-0.2, -0.15) is 0 Å². The lowest BCUT2D eigenvalue weighted by molar-refractivity contribution is 0.0816. The van der Waals surface area contributed by atoms with Crippen molar-refractivity contribution < 1.29 is 4.79 Å². The molecule has 1 aliphatic rings. The first kappa shape index (κ1) is 17.2. The third-order valence-electron chi connectivity index (χ3n) is 4.67. The first-order chi connectivity index (χ1) is 12.0. The summed E-state index contributed by atoms with van der Waals surface area (Å²) in [7, 11) is 1.82. The van der Waals surface area contributed by atoms with Gasteiger partial charge in [0.2, 0.25) is 0 Å². The van der Waals surface area contributed by atoms with Crippen LogP contribution in [0.15, 0.2) is 41.4 Å². The number of carbonyl (C=O) groups is 1. The van der Waals surface area contributed by atoms with Crippen molar-refractivity contribution in [2.45, 2.75) is 27.2 Å². The van der Waals surface area contributed by atoms with E-state index in [1.54, 1.807) is 4.90 Å². The molecule has 0 fully saturated rings. The third kappa shape index (κ3) is 3.73. The molecular formula is C21H25N3O. The number of para-hydroxylation sites is 1. The maximum Gasteiger partial charge on any atom is 0.256 e. The normalized spacial score (nSPS) is 14.0. The number of fused-ring (bicyclic) bond motifs is 1. The smallest absolute Gasteiger partial charge is 0.256 e. The Morgan fingerprint density at radius 1 is 1.12 bits per heavy atom. The van der Waals surface area contributed by atoms with Gasteiger partial charge in [-0.3, -0.25) is 4.79 Å². The van der Waals surface area contributed by atoms with Crippen LogP contribution in [0.25, 0.3) is 0 Å². The Labute approximate surface area is 149 Å². The van der Waals surface area contributed by atoms with Crippen molar-refractivity contribution in [2.24, 2.45) is 4.99 Å². The van der Waals surface area contributed by atoms with Gasteiger partial charge in [-0.25, -0.2) is 4.99 Å². The maximum absolute atomic E-state index is 12.4. The largest absolute Gasteiger partial charge is 0.372 e. The molecule has 1 heterocycles. The molecule has 2 aromatic rings. The van der Waals surface area contributed by atoms with E-state index in [1.165, 1.54) is 22.3 Å². The minimum absolute atomic E-state index is 0.0152. The molecule has 0 aromatic heterocycles. The predicted molar refractivity (Wildman–Crippen MR) is 103 cm³/mol. The SMILES string of the molecule is Cc1cc(C)c(CCNC2=Nc3ccccc3C(=O)N(C)C2)c(C)c1. The van der Waals surface area contributed by atoms with Crippen molar-refractivity contribution in [3.05, 3.63) is 64.2 Å². The molecule has 0 atom stereocenters. The Morgan fingerprint density at radius 3 is 2.52 bits per heavy atom. The lowest BCUT2D eigenvalue weighted by Gasteiger charge is -2.17. The molecule has 25 heavy (non-hydrogen) atoms. The number of likely N-dealkylation sites (N-methyl/N-ethyl adjacent to an activating group) is 1. The van der Waals surface area contributed by atoms with Crippen LogP contribution in [0.1, 0.15) is 32.6 Å². The highest BCUT2D eigenvalue weighted by atomic mass is 16.2. The van der Waals surface area contributed by atoms with Gasteiger partial charge in [0.05, 0.1) is 17.8 Å². The molecule has 1 N–H and O–H groups in total. The number of rotatable bonds is 3. The van der Waals surface area contributed by atoms with Crippen molar-refractivity contribution in [1.29, 1.82) is 0 Å². The Balaban J connectivity index is 1.74. The minimum Gasteiger partial charge on any atom is -0.372 e. The summed E-state index contributed by atoms with van der Waals surface area (Å²) in [5.74, 6) is 0.851. The van der Waals surface area contributed by atoms with Crippen molar-refractivity contribution >= 4 is 17.4 Å². The van der Waals surface area contributed by atoms with E-state index in [0.717, 1.165) is 24.5 Å². The average molecular weight is 335 g/mol. The van der Waals surface area contributed by atoms with Gasteiger partial charge in [-0.15, -0.1) is 0 Å². The lowest BCUT2D eigenvalue weighted by Crippen LogP contribution is -2.37. The van der Waals surface area contributed by atoms with Crippen molar-refractivity contribution in [3.8, 4) is 0 Å². The molecule has 0 spiro atoms. The van der Waals surface area contributed by atoms with E-state index >= 15 is 0 Å². The van der Waals surface area contributed by atoms with Crippen LogP contribution >= 0.6 is 0 Å². The standard InChI is InChI=1S/C21H25N3O/c1-14-11-15(2)17(16(3)12-14)9-10-22-20-13-24(4)21(25)18-7-5-6-8-19(18)23-20/h5-8,11-12H,9-10,13H2,1-4H3,(H,22,23). The number of carbonyl (C=O) groups excluding carboxylic acids is 1. The molecule has 0 radical (unpaired) electrons. The summed E-state index contributed by atoms with van der Waals surface area (Å²) in [4.78, 5) is 18.8. The summed E-state index contributed by atoms with van der Waals surface area (Å²) in [6, 6.07) is 12.0. The van der Waals surface area contributed by atoms with Gasteiger partial charge in [0.1, 0.15) is 5.84 Å². The summed E-state index contributed by atoms with van der Waals surface area (Å²) in [5, 5.41) is 3.43.